The van der Waals surface area contributed by atoms with Crippen LogP contribution >= 0.6 is 0 Å². The average molecular weight is 247 g/mol. The molecule has 0 amide bonds. The van der Waals surface area contributed by atoms with Crippen molar-refractivity contribution in [3.8, 4) is 0 Å². The maximum atomic E-state index is 12.0. The second kappa shape index (κ2) is 4.72. The van der Waals surface area contributed by atoms with Crippen molar-refractivity contribution in [1.29, 1.82) is 0 Å². The minimum atomic E-state index is -0.497. The lowest BCUT2D eigenvalue weighted by atomic mass is 10.2. The van der Waals surface area contributed by atoms with Crippen LogP contribution < -0.4 is 0 Å². The SMILES string of the molecule is CC(C)(C)OC(=O)n1cccc1Cc1ccco1. The Balaban J connectivity index is 2.15. The third-order valence-corrected chi connectivity index (χ3v) is 2.36. The molecule has 2 aromatic rings. The zero-order chi connectivity index (χ0) is 13.2. The fraction of sp³-hybridized carbons (Fsp3) is 0.357. The molecule has 18 heavy (non-hydrogen) atoms. The third-order valence-electron chi connectivity index (χ3n) is 2.36. The first-order valence-corrected chi connectivity index (χ1v) is 5.88. The van der Waals surface area contributed by atoms with Gasteiger partial charge >= 0.3 is 6.09 Å². The van der Waals surface area contributed by atoms with E-state index in [2.05, 4.69) is 0 Å². The van der Waals surface area contributed by atoms with Gasteiger partial charge in [0.25, 0.3) is 0 Å². The molecule has 0 saturated carbocycles. The van der Waals surface area contributed by atoms with Crippen molar-refractivity contribution in [2.24, 2.45) is 0 Å². The van der Waals surface area contributed by atoms with Crippen LogP contribution in [-0.2, 0) is 11.2 Å². The second-order valence-corrected chi connectivity index (χ2v) is 5.11. The van der Waals surface area contributed by atoms with E-state index < -0.39 is 5.60 Å². The predicted molar refractivity (Wildman–Crippen MR) is 67.6 cm³/mol. The van der Waals surface area contributed by atoms with Gasteiger partial charge in [-0.3, -0.25) is 4.57 Å². The summed E-state index contributed by atoms with van der Waals surface area (Å²) in [4.78, 5) is 12.0. The van der Waals surface area contributed by atoms with Crippen LogP contribution in [0.4, 0.5) is 4.79 Å². The fourth-order valence-electron chi connectivity index (χ4n) is 1.64. The monoisotopic (exact) mass is 247 g/mol. The highest BCUT2D eigenvalue weighted by atomic mass is 16.6. The van der Waals surface area contributed by atoms with Crippen LogP contribution in [0.2, 0.25) is 0 Å². The van der Waals surface area contributed by atoms with E-state index in [9.17, 15) is 4.79 Å². The molecule has 2 heterocycles. The molecular formula is C14H17NO3. The standard InChI is InChI=1S/C14H17NO3/c1-14(2,3)18-13(16)15-8-4-6-11(15)10-12-7-5-9-17-12/h4-9H,10H2,1-3H3. The Kier molecular flexibility index (Phi) is 3.28. The normalized spacial score (nSPS) is 11.5. The van der Waals surface area contributed by atoms with Crippen LogP contribution in [0.1, 0.15) is 32.2 Å². The van der Waals surface area contributed by atoms with E-state index in [4.69, 9.17) is 9.15 Å². The van der Waals surface area contributed by atoms with Crippen molar-refractivity contribution in [3.05, 3.63) is 48.2 Å². The maximum Gasteiger partial charge on any atom is 0.418 e. The van der Waals surface area contributed by atoms with Gasteiger partial charge in [0, 0.05) is 18.3 Å². The molecule has 2 aromatic heterocycles. The lowest BCUT2D eigenvalue weighted by Crippen LogP contribution is -2.27. The van der Waals surface area contributed by atoms with Crippen LogP contribution in [0.3, 0.4) is 0 Å². The fourth-order valence-corrected chi connectivity index (χ4v) is 1.64. The topological polar surface area (TPSA) is 44.4 Å². The van der Waals surface area contributed by atoms with Gasteiger partial charge in [0.1, 0.15) is 11.4 Å². The minimum absolute atomic E-state index is 0.367. The van der Waals surface area contributed by atoms with E-state index >= 15 is 0 Å². The molecule has 0 aromatic carbocycles. The Bertz CT molecular complexity index is 517. The summed E-state index contributed by atoms with van der Waals surface area (Å²) in [5, 5.41) is 0. The number of aromatic nitrogens is 1. The van der Waals surface area contributed by atoms with Gasteiger partial charge in [0.05, 0.1) is 6.26 Å². The molecule has 96 valence electrons. The van der Waals surface area contributed by atoms with Gasteiger partial charge in [-0.1, -0.05) is 0 Å². The Hall–Kier alpha value is -1.97. The molecular weight excluding hydrogens is 230 g/mol. The highest BCUT2D eigenvalue weighted by molar-refractivity contribution is 5.72. The Labute approximate surface area is 106 Å². The largest absolute Gasteiger partial charge is 0.469 e. The molecule has 0 spiro atoms. The van der Waals surface area contributed by atoms with Crippen LogP contribution in [-0.4, -0.2) is 16.3 Å². The van der Waals surface area contributed by atoms with Crippen LogP contribution in [0.5, 0.6) is 0 Å². The molecule has 0 N–H and O–H groups in total. The van der Waals surface area contributed by atoms with Crippen molar-refractivity contribution in [1.82, 2.24) is 4.57 Å². The first kappa shape index (κ1) is 12.5. The summed E-state index contributed by atoms with van der Waals surface area (Å²) in [5.74, 6) is 0.818. The molecule has 2 rings (SSSR count). The minimum Gasteiger partial charge on any atom is -0.469 e. The van der Waals surface area contributed by atoms with Gasteiger partial charge in [-0.25, -0.2) is 4.79 Å². The summed E-state index contributed by atoms with van der Waals surface area (Å²) < 4.78 is 12.1. The lowest BCUT2D eigenvalue weighted by molar-refractivity contribution is 0.0533. The Morgan fingerprint density at radius 3 is 2.72 bits per heavy atom. The Morgan fingerprint density at radius 2 is 2.11 bits per heavy atom. The zero-order valence-corrected chi connectivity index (χ0v) is 10.8. The number of ether oxygens (including phenoxy) is 1. The van der Waals surface area contributed by atoms with Crippen LogP contribution in [0.25, 0.3) is 0 Å². The first-order valence-electron chi connectivity index (χ1n) is 5.88. The van der Waals surface area contributed by atoms with Gasteiger partial charge < -0.3 is 9.15 Å². The number of nitrogens with zero attached hydrogens (tertiary/aromatic N) is 1. The number of rotatable bonds is 2. The maximum absolute atomic E-state index is 12.0. The van der Waals surface area contributed by atoms with E-state index in [-0.39, 0.29) is 6.09 Å². The van der Waals surface area contributed by atoms with Crippen molar-refractivity contribution < 1.29 is 13.9 Å². The van der Waals surface area contributed by atoms with E-state index in [0.717, 1.165) is 11.5 Å². The average Bonchev–Trinajstić information content (AvgIpc) is 2.86. The van der Waals surface area contributed by atoms with Crippen LogP contribution in [0.15, 0.2) is 41.1 Å². The highest BCUT2D eigenvalue weighted by Gasteiger charge is 2.19. The Morgan fingerprint density at radius 1 is 1.33 bits per heavy atom. The van der Waals surface area contributed by atoms with E-state index in [1.807, 2.05) is 45.0 Å². The molecule has 0 aliphatic heterocycles. The van der Waals surface area contributed by atoms with Gasteiger partial charge in [-0.05, 0) is 45.0 Å². The number of furan rings is 1. The number of carbonyl (C=O) groups excluding carboxylic acids is 1. The van der Waals surface area contributed by atoms with Gasteiger partial charge in [0.2, 0.25) is 0 Å². The van der Waals surface area contributed by atoms with Crippen molar-refractivity contribution in [2.45, 2.75) is 32.8 Å². The van der Waals surface area contributed by atoms with Gasteiger partial charge in [-0.2, -0.15) is 0 Å². The van der Waals surface area contributed by atoms with Crippen molar-refractivity contribution >= 4 is 6.09 Å². The summed E-state index contributed by atoms with van der Waals surface area (Å²) >= 11 is 0. The molecule has 0 fully saturated rings. The summed E-state index contributed by atoms with van der Waals surface area (Å²) in [6, 6.07) is 7.41. The second-order valence-electron chi connectivity index (χ2n) is 5.11. The summed E-state index contributed by atoms with van der Waals surface area (Å²) in [6.07, 6.45) is 3.52. The summed E-state index contributed by atoms with van der Waals surface area (Å²) in [5.41, 5.74) is 0.350. The van der Waals surface area contributed by atoms with Crippen molar-refractivity contribution in [3.63, 3.8) is 0 Å². The molecule has 0 aliphatic rings. The molecule has 0 bridgehead atoms. The predicted octanol–water partition coefficient (Wildman–Crippen LogP) is 3.46. The number of hydrogen-bond acceptors (Lipinski definition) is 3. The van der Waals surface area contributed by atoms with E-state index in [1.54, 1.807) is 12.5 Å². The molecule has 4 heteroatoms. The molecule has 0 aliphatic carbocycles. The molecule has 0 unspecified atom stereocenters. The molecule has 4 nitrogen and oxygen atoms in total. The number of carbonyl (C=O) groups is 1. The lowest BCUT2D eigenvalue weighted by Gasteiger charge is -2.20. The summed E-state index contributed by atoms with van der Waals surface area (Å²) in [7, 11) is 0. The van der Waals surface area contributed by atoms with Gasteiger partial charge in [0.15, 0.2) is 0 Å². The van der Waals surface area contributed by atoms with Crippen molar-refractivity contribution in [2.75, 3.05) is 0 Å². The van der Waals surface area contributed by atoms with E-state index in [1.165, 1.54) is 4.57 Å². The van der Waals surface area contributed by atoms with Gasteiger partial charge in [-0.15, -0.1) is 0 Å². The molecule has 0 atom stereocenters. The smallest absolute Gasteiger partial charge is 0.418 e. The highest BCUT2D eigenvalue weighted by Crippen LogP contribution is 2.14. The summed E-state index contributed by atoms with van der Waals surface area (Å²) in [6.45, 7) is 5.54. The zero-order valence-electron chi connectivity index (χ0n) is 10.8. The van der Waals surface area contributed by atoms with E-state index in [0.29, 0.717) is 6.42 Å². The third kappa shape index (κ3) is 3.03. The quantitative estimate of drug-likeness (QED) is 0.816. The van der Waals surface area contributed by atoms with Crippen LogP contribution in [0, 0.1) is 0 Å². The molecule has 0 saturated heterocycles. The first-order chi connectivity index (χ1) is 8.46. The number of hydrogen-bond donors (Lipinski definition) is 0. The molecule has 0 radical (unpaired) electrons.